The fourth-order valence-corrected chi connectivity index (χ4v) is 3.89. The lowest BCUT2D eigenvalue weighted by Gasteiger charge is -2.19. The number of hydrogen-bond donors (Lipinski definition) is 1. The van der Waals surface area contributed by atoms with Crippen LogP contribution >= 0.6 is 15.9 Å². The first-order valence-electron chi connectivity index (χ1n) is 8.30. The van der Waals surface area contributed by atoms with Crippen LogP contribution in [0.4, 0.5) is 11.4 Å². The molecule has 2 aromatic carbocycles. The van der Waals surface area contributed by atoms with Gasteiger partial charge in [-0.15, -0.1) is 0 Å². The van der Waals surface area contributed by atoms with Crippen LogP contribution in [0.5, 0.6) is 0 Å². The molecule has 2 aromatic rings. The SMILES string of the molecule is Cc1cc(C)c(NC(=O)C2CC(=O)N(c3ccccc3Br)C2)c(C)c1. The van der Waals surface area contributed by atoms with Gasteiger partial charge in [0, 0.05) is 23.1 Å². The molecule has 0 aromatic heterocycles. The molecule has 1 fully saturated rings. The lowest BCUT2D eigenvalue weighted by Crippen LogP contribution is -2.28. The Hall–Kier alpha value is -2.14. The Labute approximate surface area is 156 Å². The van der Waals surface area contributed by atoms with Crippen molar-refractivity contribution >= 4 is 39.1 Å². The molecule has 2 amide bonds. The van der Waals surface area contributed by atoms with E-state index in [0.29, 0.717) is 6.54 Å². The topological polar surface area (TPSA) is 49.4 Å². The van der Waals surface area contributed by atoms with Gasteiger partial charge in [0.15, 0.2) is 0 Å². The van der Waals surface area contributed by atoms with Crippen LogP contribution in [0.2, 0.25) is 0 Å². The van der Waals surface area contributed by atoms with Crippen LogP contribution < -0.4 is 10.2 Å². The minimum atomic E-state index is -0.347. The van der Waals surface area contributed by atoms with Gasteiger partial charge >= 0.3 is 0 Å². The largest absolute Gasteiger partial charge is 0.325 e. The molecular weight excluding hydrogens is 380 g/mol. The molecule has 1 saturated heterocycles. The smallest absolute Gasteiger partial charge is 0.229 e. The summed E-state index contributed by atoms with van der Waals surface area (Å²) in [4.78, 5) is 26.8. The van der Waals surface area contributed by atoms with Crippen molar-refractivity contribution in [2.75, 3.05) is 16.8 Å². The van der Waals surface area contributed by atoms with Gasteiger partial charge in [0.25, 0.3) is 0 Å². The number of carbonyl (C=O) groups is 2. The van der Waals surface area contributed by atoms with E-state index in [1.807, 2.05) is 45.0 Å². The Bertz CT molecular complexity index is 824. The molecule has 130 valence electrons. The number of hydrogen-bond acceptors (Lipinski definition) is 2. The van der Waals surface area contributed by atoms with E-state index >= 15 is 0 Å². The summed E-state index contributed by atoms with van der Waals surface area (Å²) in [6.07, 6.45) is 0.233. The van der Waals surface area contributed by atoms with E-state index in [1.54, 1.807) is 4.90 Å². The molecule has 0 saturated carbocycles. The van der Waals surface area contributed by atoms with Crippen LogP contribution in [0.1, 0.15) is 23.1 Å². The Morgan fingerprint density at radius 2 is 1.80 bits per heavy atom. The number of para-hydroxylation sites is 1. The second kappa shape index (κ2) is 7.00. The number of benzene rings is 2. The standard InChI is InChI=1S/C20H21BrN2O2/c1-12-8-13(2)19(14(3)9-12)22-20(25)15-10-18(24)23(11-15)17-7-5-4-6-16(17)21/h4-9,15H,10-11H2,1-3H3,(H,22,25). The number of nitrogens with one attached hydrogen (secondary N) is 1. The average molecular weight is 401 g/mol. The van der Waals surface area contributed by atoms with Crippen molar-refractivity contribution in [1.82, 2.24) is 0 Å². The van der Waals surface area contributed by atoms with Crippen molar-refractivity contribution < 1.29 is 9.59 Å². The van der Waals surface area contributed by atoms with Crippen molar-refractivity contribution in [1.29, 1.82) is 0 Å². The van der Waals surface area contributed by atoms with Gasteiger partial charge in [-0.1, -0.05) is 29.8 Å². The molecule has 1 aliphatic heterocycles. The summed E-state index contributed by atoms with van der Waals surface area (Å²) in [6.45, 7) is 6.42. The summed E-state index contributed by atoms with van der Waals surface area (Å²) in [7, 11) is 0. The molecule has 1 heterocycles. The molecule has 4 nitrogen and oxygen atoms in total. The molecule has 25 heavy (non-hydrogen) atoms. The average Bonchev–Trinajstić information content (AvgIpc) is 2.93. The lowest BCUT2D eigenvalue weighted by molar-refractivity contribution is -0.122. The number of halogens is 1. The van der Waals surface area contributed by atoms with Gasteiger partial charge in [0.2, 0.25) is 11.8 Å². The summed E-state index contributed by atoms with van der Waals surface area (Å²) < 4.78 is 0.856. The van der Waals surface area contributed by atoms with E-state index in [1.165, 1.54) is 5.56 Å². The summed E-state index contributed by atoms with van der Waals surface area (Å²) in [5.41, 5.74) is 4.91. The second-order valence-electron chi connectivity index (χ2n) is 6.62. The van der Waals surface area contributed by atoms with Crippen molar-refractivity contribution in [3.05, 3.63) is 57.6 Å². The Balaban J connectivity index is 1.77. The van der Waals surface area contributed by atoms with Gasteiger partial charge in [-0.3, -0.25) is 9.59 Å². The molecule has 1 atom stereocenters. The maximum atomic E-state index is 12.7. The molecule has 0 aliphatic carbocycles. The number of amides is 2. The van der Waals surface area contributed by atoms with Crippen molar-refractivity contribution in [2.45, 2.75) is 27.2 Å². The monoisotopic (exact) mass is 400 g/mol. The molecule has 1 N–H and O–H groups in total. The van der Waals surface area contributed by atoms with E-state index in [2.05, 4.69) is 33.4 Å². The highest BCUT2D eigenvalue weighted by molar-refractivity contribution is 9.10. The minimum Gasteiger partial charge on any atom is -0.325 e. The zero-order valence-electron chi connectivity index (χ0n) is 14.6. The number of anilines is 2. The van der Waals surface area contributed by atoms with E-state index < -0.39 is 0 Å². The molecular formula is C20H21BrN2O2. The Morgan fingerprint density at radius 1 is 1.16 bits per heavy atom. The summed E-state index contributed by atoms with van der Waals surface area (Å²) in [6, 6.07) is 11.7. The summed E-state index contributed by atoms with van der Waals surface area (Å²) in [5, 5.41) is 3.03. The number of aryl methyl sites for hydroxylation is 3. The number of rotatable bonds is 3. The first-order valence-corrected chi connectivity index (χ1v) is 9.09. The van der Waals surface area contributed by atoms with E-state index in [-0.39, 0.29) is 24.2 Å². The molecule has 5 heteroatoms. The second-order valence-corrected chi connectivity index (χ2v) is 7.47. The van der Waals surface area contributed by atoms with Crippen LogP contribution in [-0.4, -0.2) is 18.4 Å². The van der Waals surface area contributed by atoms with E-state index in [0.717, 1.165) is 27.0 Å². The molecule has 0 radical (unpaired) electrons. The highest BCUT2D eigenvalue weighted by Crippen LogP contribution is 2.32. The molecule has 3 rings (SSSR count). The Kier molecular flexibility index (Phi) is 4.95. The predicted molar refractivity (Wildman–Crippen MR) is 104 cm³/mol. The highest BCUT2D eigenvalue weighted by Gasteiger charge is 2.36. The Morgan fingerprint density at radius 3 is 2.44 bits per heavy atom. The maximum Gasteiger partial charge on any atom is 0.229 e. The van der Waals surface area contributed by atoms with Crippen LogP contribution in [0.15, 0.2) is 40.9 Å². The quantitative estimate of drug-likeness (QED) is 0.831. The van der Waals surface area contributed by atoms with Crippen molar-refractivity contribution in [2.24, 2.45) is 5.92 Å². The van der Waals surface area contributed by atoms with Gasteiger partial charge in [-0.05, 0) is 60.0 Å². The maximum absolute atomic E-state index is 12.7. The summed E-state index contributed by atoms with van der Waals surface area (Å²) >= 11 is 3.48. The lowest BCUT2D eigenvalue weighted by atomic mass is 10.0. The van der Waals surface area contributed by atoms with Gasteiger partial charge in [0.05, 0.1) is 11.6 Å². The third-order valence-corrected chi connectivity index (χ3v) is 5.23. The molecule has 0 spiro atoms. The van der Waals surface area contributed by atoms with Crippen LogP contribution in [-0.2, 0) is 9.59 Å². The summed E-state index contributed by atoms with van der Waals surface area (Å²) in [5.74, 6) is -0.470. The molecule has 1 aliphatic rings. The van der Waals surface area contributed by atoms with Gasteiger partial charge in [0.1, 0.15) is 0 Å². The number of carbonyl (C=O) groups excluding carboxylic acids is 2. The fourth-order valence-electron chi connectivity index (χ4n) is 3.39. The van der Waals surface area contributed by atoms with Gasteiger partial charge in [-0.2, -0.15) is 0 Å². The van der Waals surface area contributed by atoms with Crippen molar-refractivity contribution in [3.63, 3.8) is 0 Å². The predicted octanol–water partition coefficient (Wildman–Crippen LogP) is 4.37. The van der Waals surface area contributed by atoms with Gasteiger partial charge in [-0.25, -0.2) is 0 Å². The normalized spacial score (nSPS) is 17.0. The van der Waals surface area contributed by atoms with Crippen LogP contribution in [0.3, 0.4) is 0 Å². The third-order valence-electron chi connectivity index (χ3n) is 4.56. The van der Waals surface area contributed by atoms with Gasteiger partial charge < -0.3 is 10.2 Å². The van der Waals surface area contributed by atoms with Crippen LogP contribution in [0.25, 0.3) is 0 Å². The van der Waals surface area contributed by atoms with E-state index in [4.69, 9.17) is 0 Å². The van der Waals surface area contributed by atoms with Crippen molar-refractivity contribution in [3.8, 4) is 0 Å². The number of nitrogens with zero attached hydrogens (tertiary/aromatic N) is 1. The highest BCUT2D eigenvalue weighted by atomic mass is 79.9. The fraction of sp³-hybridized carbons (Fsp3) is 0.300. The minimum absolute atomic E-state index is 0.0237. The third kappa shape index (κ3) is 3.61. The van der Waals surface area contributed by atoms with E-state index in [9.17, 15) is 9.59 Å². The zero-order chi connectivity index (χ0) is 18.1. The van der Waals surface area contributed by atoms with Crippen LogP contribution in [0, 0.1) is 26.7 Å². The zero-order valence-corrected chi connectivity index (χ0v) is 16.2. The first-order chi connectivity index (χ1) is 11.9. The molecule has 1 unspecified atom stereocenters. The molecule has 0 bridgehead atoms. The first kappa shape index (κ1) is 17.7.